The van der Waals surface area contributed by atoms with Gasteiger partial charge in [-0.3, -0.25) is 0 Å². The molecule has 2 aromatic rings. The predicted octanol–water partition coefficient (Wildman–Crippen LogP) is 5.67. The van der Waals surface area contributed by atoms with E-state index in [-0.39, 0.29) is 17.9 Å². The average Bonchev–Trinajstić information content (AvgIpc) is 2.94. The number of nitrogens with one attached hydrogen (secondary N) is 1. The summed E-state index contributed by atoms with van der Waals surface area (Å²) in [4.78, 5) is 0. The van der Waals surface area contributed by atoms with E-state index in [1.165, 1.54) is 6.07 Å². The summed E-state index contributed by atoms with van der Waals surface area (Å²) in [5.41, 5.74) is -0.257. The molecule has 2 rings (SSSR count). The molecule has 1 heterocycles. The zero-order valence-electron chi connectivity index (χ0n) is 13.3. The van der Waals surface area contributed by atoms with Crippen LogP contribution in [-0.2, 0) is 12.7 Å². The van der Waals surface area contributed by atoms with Gasteiger partial charge in [0.25, 0.3) is 0 Å². The first kappa shape index (κ1) is 19.6. The third-order valence-corrected chi connectivity index (χ3v) is 3.76. The molecule has 0 saturated carbocycles. The lowest BCUT2D eigenvalue weighted by molar-refractivity contribution is -0.137. The summed E-state index contributed by atoms with van der Waals surface area (Å²) in [6.07, 6.45) is -3.38. The lowest BCUT2D eigenvalue weighted by Crippen LogP contribution is -2.37. The second kappa shape index (κ2) is 7.41. The molecule has 0 aliphatic heterocycles. The minimum atomic E-state index is -4.35. The highest BCUT2D eigenvalue weighted by atomic mass is 35.5. The lowest BCUT2D eigenvalue weighted by Gasteiger charge is -2.23. The maximum absolute atomic E-state index is 12.7. The largest absolute Gasteiger partial charge is 0.460 e. The fourth-order valence-electron chi connectivity index (χ4n) is 1.93. The monoisotopic (exact) mass is 347 g/mol. The van der Waals surface area contributed by atoms with Gasteiger partial charge in [-0.2, -0.15) is 13.2 Å². The van der Waals surface area contributed by atoms with Crippen LogP contribution in [0.15, 0.2) is 40.8 Å². The van der Waals surface area contributed by atoms with E-state index in [9.17, 15) is 13.2 Å². The molecule has 23 heavy (non-hydrogen) atoms. The van der Waals surface area contributed by atoms with Crippen molar-refractivity contribution in [3.8, 4) is 11.3 Å². The topological polar surface area (TPSA) is 25.2 Å². The van der Waals surface area contributed by atoms with E-state index < -0.39 is 11.7 Å². The van der Waals surface area contributed by atoms with E-state index in [1.807, 2.05) is 0 Å². The van der Waals surface area contributed by atoms with Crippen LogP contribution in [0.4, 0.5) is 13.2 Å². The Morgan fingerprint density at radius 1 is 1.09 bits per heavy atom. The molecule has 0 fully saturated rings. The van der Waals surface area contributed by atoms with Crippen LogP contribution >= 0.6 is 12.4 Å². The Bertz CT molecular complexity index is 635. The summed E-state index contributed by atoms with van der Waals surface area (Å²) in [6.45, 7) is 6.80. The second-order valence-corrected chi connectivity index (χ2v) is 5.94. The first-order valence-corrected chi connectivity index (χ1v) is 7.23. The maximum Gasteiger partial charge on any atom is 0.416 e. The number of rotatable bonds is 5. The predicted molar refractivity (Wildman–Crippen MR) is 87.6 cm³/mol. The molecule has 0 aliphatic rings. The minimum Gasteiger partial charge on any atom is -0.460 e. The molecule has 1 aromatic heterocycles. The summed E-state index contributed by atoms with van der Waals surface area (Å²) in [5.74, 6) is 1.14. The zero-order valence-corrected chi connectivity index (χ0v) is 14.1. The van der Waals surface area contributed by atoms with Gasteiger partial charge in [0.2, 0.25) is 0 Å². The standard InChI is InChI=1S/C17H20F3NO.ClH/c1-4-16(2,3)21-11-14-8-9-15(22-14)12-6-5-7-13(10-12)17(18,19)20;/h5-10,21H,4,11H2,1-3H3;1H. The highest BCUT2D eigenvalue weighted by molar-refractivity contribution is 5.85. The van der Waals surface area contributed by atoms with Crippen molar-refractivity contribution in [2.75, 3.05) is 0 Å². The van der Waals surface area contributed by atoms with Crippen LogP contribution in [0.25, 0.3) is 11.3 Å². The van der Waals surface area contributed by atoms with E-state index >= 15 is 0 Å². The molecular weight excluding hydrogens is 327 g/mol. The maximum atomic E-state index is 12.7. The van der Waals surface area contributed by atoms with Crippen LogP contribution in [0.1, 0.15) is 38.5 Å². The van der Waals surface area contributed by atoms with Gasteiger partial charge < -0.3 is 9.73 Å². The SMILES string of the molecule is CCC(C)(C)NCc1ccc(-c2cccc(C(F)(F)F)c2)o1.Cl. The molecule has 0 unspecified atom stereocenters. The number of halogens is 4. The molecular formula is C17H21ClF3NO. The van der Waals surface area contributed by atoms with Crippen molar-refractivity contribution in [1.82, 2.24) is 5.32 Å². The van der Waals surface area contributed by atoms with Crippen LogP contribution in [-0.4, -0.2) is 5.54 Å². The fourth-order valence-corrected chi connectivity index (χ4v) is 1.93. The van der Waals surface area contributed by atoms with Crippen LogP contribution in [0.2, 0.25) is 0 Å². The van der Waals surface area contributed by atoms with Gasteiger partial charge in [0.15, 0.2) is 0 Å². The molecule has 2 nitrogen and oxygen atoms in total. The Labute approximate surface area is 140 Å². The van der Waals surface area contributed by atoms with Crippen LogP contribution in [0.5, 0.6) is 0 Å². The molecule has 0 saturated heterocycles. The Morgan fingerprint density at radius 3 is 2.39 bits per heavy atom. The van der Waals surface area contributed by atoms with Gasteiger partial charge in [-0.05, 0) is 44.5 Å². The van der Waals surface area contributed by atoms with Crippen LogP contribution < -0.4 is 5.32 Å². The molecule has 6 heteroatoms. The highest BCUT2D eigenvalue weighted by Crippen LogP contribution is 2.32. The van der Waals surface area contributed by atoms with Crippen molar-refractivity contribution in [2.45, 2.75) is 45.5 Å². The Hall–Kier alpha value is -1.46. The summed E-state index contributed by atoms with van der Waals surface area (Å²) >= 11 is 0. The van der Waals surface area contributed by atoms with Gasteiger partial charge in [0.05, 0.1) is 12.1 Å². The highest BCUT2D eigenvalue weighted by Gasteiger charge is 2.30. The van der Waals surface area contributed by atoms with E-state index in [0.717, 1.165) is 18.6 Å². The molecule has 0 spiro atoms. The zero-order chi connectivity index (χ0) is 16.4. The summed E-state index contributed by atoms with van der Waals surface area (Å²) in [7, 11) is 0. The quantitative estimate of drug-likeness (QED) is 0.754. The van der Waals surface area contributed by atoms with Gasteiger partial charge in [-0.15, -0.1) is 12.4 Å². The smallest absolute Gasteiger partial charge is 0.416 e. The Morgan fingerprint density at radius 2 is 1.78 bits per heavy atom. The summed E-state index contributed by atoms with van der Waals surface area (Å²) in [5, 5.41) is 3.35. The molecule has 0 aliphatic carbocycles. The molecule has 0 amide bonds. The van der Waals surface area contributed by atoms with E-state index in [0.29, 0.717) is 23.6 Å². The summed E-state index contributed by atoms with van der Waals surface area (Å²) in [6, 6.07) is 8.64. The van der Waals surface area contributed by atoms with Gasteiger partial charge in [0, 0.05) is 11.1 Å². The van der Waals surface area contributed by atoms with E-state index in [4.69, 9.17) is 4.42 Å². The van der Waals surface area contributed by atoms with Crippen molar-refractivity contribution in [1.29, 1.82) is 0 Å². The first-order valence-electron chi connectivity index (χ1n) is 7.23. The van der Waals surface area contributed by atoms with Gasteiger partial charge in [-0.25, -0.2) is 0 Å². The normalized spacial score (nSPS) is 12.1. The molecule has 1 aromatic carbocycles. The number of hydrogen-bond donors (Lipinski definition) is 1. The third-order valence-electron chi connectivity index (χ3n) is 3.76. The fraction of sp³-hybridized carbons (Fsp3) is 0.412. The van der Waals surface area contributed by atoms with E-state index in [1.54, 1.807) is 18.2 Å². The van der Waals surface area contributed by atoms with Crippen molar-refractivity contribution in [2.24, 2.45) is 0 Å². The van der Waals surface area contributed by atoms with Gasteiger partial charge >= 0.3 is 6.18 Å². The lowest BCUT2D eigenvalue weighted by atomic mass is 10.0. The van der Waals surface area contributed by atoms with Crippen molar-refractivity contribution >= 4 is 12.4 Å². The van der Waals surface area contributed by atoms with Crippen LogP contribution in [0, 0.1) is 0 Å². The van der Waals surface area contributed by atoms with Crippen LogP contribution in [0.3, 0.4) is 0 Å². The average molecular weight is 348 g/mol. The second-order valence-electron chi connectivity index (χ2n) is 5.94. The number of alkyl halides is 3. The number of benzene rings is 1. The molecule has 128 valence electrons. The van der Waals surface area contributed by atoms with Gasteiger partial charge in [0.1, 0.15) is 11.5 Å². The molecule has 0 atom stereocenters. The van der Waals surface area contributed by atoms with Gasteiger partial charge in [-0.1, -0.05) is 19.1 Å². The minimum absolute atomic E-state index is 0. The third kappa shape index (κ3) is 5.29. The summed E-state index contributed by atoms with van der Waals surface area (Å²) < 4.78 is 43.9. The molecule has 0 bridgehead atoms. The Balaban J connectivity index is 0.00000264. The molecule has 0 radical (unpaired) electrons. The van der Waals surface area contributed by atoms with Crippen molar-refractivity contribution < 1.29 is 17.6 Å². The number of hydrogen-bond acceptors (Lipinski definition) is 2. The molecule has 1 N–H and O–H groups in total. The van der Waals surface area contributed by atoms with Crippen molar-refractivity contribution in [3.05, 3.63) is 47.7 Å². The van der Waals surface area contributed by atoms with Crippen molar-refractivity contribution in [3.63, 3.8) is 0 Å². The first-order chi connectivity index (χ1) is 10.2. The Kier molecular flexibility index (Phi) is 6.31. The van der Waals surface area contributed by atoms with E-state index in [2.05, 4.69) is 26.1 Å². The number of furan rings is 1.